The molecular formula is C12H20N2. The van der Waals surface area contributed by atoms with Crippen molar-refractivity contribution in [2.45, 2.75) is 63.5 Å². The van der Waals surface area contributed by atoms with Crippen LogP contribution in [0, 0.1) is 17.2 Å². The molecule has 1 unspecified atom stereocenters. The molecule has 0 amide bonds. The lowest BCUT2D eigenvalue weighted by atomic mass is 9.92. The van der Waals surface area contributed by atoms with Crippen molar-refractivity contribution in [1.82, 2.24) is 5.32 Å². The van der Waals surface area contributed by atoms with Crippen molar-refractivity contribution in [3.8, 4) is 6.07 Å². The Morgan fingerprint density at radius 1 is 1.00 bits per heavy atom. The Hall–Kier alpha value is -0.550. The molecule has 2 saturated carbocycles. The fraction of sp³-hybridized carbons (Fsp3) is 0.917. The summed E-state index contributed by atoms with van der Waals surface area (Å²) in [5, 5.41) is 12.6. The number of nitrogens with zero attached hydrogens (tertiary/aromatic N) is 1. The van der Waals surface area contributed by atoms with Crippen LogP contribution in [0.3, 0.4) is 0 Å². The molecule has 1 N–H and O–H groups in total. The SMILES string of the molecule is N#CC(NC1CC1)C1CCCCCC1. The van der Waals surface area contributed by atoms with Crippen molar-refractivity contribution in [2.24, 2.45) is 5.92 Å². The molecule has 0 aromatic carbocycles. The molecule has 0 aromatic heterocycles. The lowest BCUT2D eigenvalue weighted by Gasteiger charge is -2.20. The molecule has 78 valence electrons. The number of rotatable bonds is 3. The summed E-state index contributed by atoms with van der Waals surface area (Å²) in [6.45, 7) is 0. The van der Waals surface area contributed by atoms with Crippen molar-refractivity contribution in [2.75, 3.05) is 0 Å². The van der Waals surface area contributed by atoms with E-state index in [4.69, 9.17) is 5.26 Å². The summed E-state index contributed by atoms with van der Waals surface area (Å²) in [5.41, 5.74) is 0. The Bertz CT molecular complexity index is 207. The summed E-state index contributed by atoms with van der Waals surface area (Å²) in [7, 11) is 0. The van der Waals surface area contributed by atoms with Crippen LogP contribution in [-0.2, 0) is 0 Å². The van der Waals surface area contributed by atoms with E-state index >= 15 is 0 Å². The summed E-state index contributed by atoms with van der Waals surface area (Å²) in [4.78, 5) is 0. The van der Waals surface area contributed by atoms with Crippen molar-refractivity contribution in [3.63, 3.8) is 0 Å². The van der Waals surface area contributed by atoms with Crippen molar-refractivity contribution < 1.29 is 0 Å². The van der Waals surface area contributed by atoms with Crippen molar-refractivity contribution >= 4 is 0 Å². The molecule has 0 radical (unpaired) electrons. The van der Waals surface area contributed by atoms with Gasteiger partial charge in [0.25, 0.3) is 0 Å². The van der Waals surface area contributed by atoms with Gasteiger partial charge in [0.05, 0.1) is 12.1 Å². The van der Waals surface area contributed by atoms with E-state index in [-0.39, 0.29) is 6.04 Å². The highest BCUT2D eigenvalue weighted by Gasteiger charge is 2.29. The predicted octanol–water partition coefficient (Wildman–Crippen LogP) is 2.60. The van der Waals surface area contributed by atoms with Gasteiger partial charge in [0.2, 0.25) is 0 Å². The predicted molar refractivity (Wildman–Crippen MR) is 56.8 cm³/mol. The molecular weight excluding hydrogens is 172 g/mol. The summed E-state index contributed by atoms with van der Waals surface area (Å²) in [6, 6.07) is 3.27. The Balaban J connectivity index is 1.84. The zero-order chi connectivity index (χ0) is 9.80. The van der Waals surface area contributed by atoms with Crippen LogP contribution in [0.2, 0.25) is 0 Å². The Labute approximate surface area is 86.7 Å². The number of hydrogen-bond donors (Lipinski definition) is 1. The van der Waals surface area contributed by atoms with Crippen LogP contribution in [0.25, 0.3) is 0 Å². The van der Waals surface area contributed by atoms with Gasteiger partial charge in [-0.3, -0.25) is 5.32 Å². The third kappa shape index (κ3) is 2.72. The molecule has 0 spiro atoms. The average Bonchev–Trinajstić information content (AvgIpc) is 3.01. The van der Waals surface area contributed by atoms with Crippen LogP contribution >= 0.6 is 0 Å². The standard InChI is InChI=1S/C12H20N2/c13-9-12(14-11-7-8-11)10-5-3-1-2-4-6-10/h10-12,14H,1-8H2. The maximum absolute atomic E-state index is 9.13. The lowest BCUT2D eigenvalue weighted by molar-refractivity contribution is 0.368. The Morgan fingerprint density at radius 2 is 1.64 bits per heavy atom. The summed E-state index contributed by atoms with van der Waals surface area (Å²) in [6.07, 6.45) is 10.5. The van der Waals surface area contributed by atoms with Crippen LogP contribution in [0.15, 0.2) is 0 Å². The van der Waals surface area contributed by atoms with Crippen LogP contribution < -0.4 is 5.32 Å². The summed E-state index contributed by atoms with van der Waals surface area (Å²) in [5.74, 6) is 0.628. The number of hydrogen-bond acceptors (Lipinski definition) is 2. The maximum atomic E-state index is 9.13. The van der Waals surface area contributed by atoms with Gasteiger partial charge in [0.15, 0.2) is 0 Å². The zero-order valence-corrected chi connectivity index (χ0v) is 8.84. The van der Waals surface area contributed by atoms with Gasteiger partial charge in [-0.2, -0.15) is 5.26 Å². The third-order valence-electron chi connectivity index (χ3n) is 3.50. The fourth-order valence-corrected chi connectivity index (χ4v) is 2.43. The quantitative estimate of drug-likeness (QED) is 0.698. The van der Waals surface area contributed by atoms with Gasteiger partial charge in [0, 0.05) is 6.04 Å². The molecule has 0 saturated heterocycles. The van der Waals surface area contributed by atoms with Crippen molar-refractivity contribution in [1.29, 1.82) is 5.26 Å². The van der Waals surface area contributed by atoms with E-state index in [0.717, 1.165) is 0 Å². The Kier molecular flexibility index (Phi) is 3.42. The second-order valence-electron chi connectivity index (χ2n) is 4.80. The average molecular weight is 192 g/mol. The smallest absolute Gasteiger partial charge is 0.0983 e. The lowest BCUT2D eigenvalue weighted by Crippen LogP contribution is -2.36. The monoisotopic (exact) mass is 192 g/mol. The highest BCUT2D eigenvalue weighted by molar-refractivity contribution is 4.99. The number of nitriles is 1. The molecule has 0 heterocycles. The van der Waals surface area contributed by atoms with E-state index in [0.29, 0.717) is 12.0 Å². The first-order chi connectivity index (χ1) is 6.90. The van der Waals surface area contributed by atoms with Gasteiger partial charge in [-0.15, -0.1) is 0 Å². The molecule has 1 atom stereocenters. The van der Waals surface area contributed by atoms with Gasteiger partial charge in [-0.25, -0.2) is 0 Å². The molecule has 0 aromatic rings. The molecule has 2 nitrogen and oxygen atoms in total. The van der Waals surface area contributed by atoms with E-state index in [2.05, 4.69) is 11.4 Å². The van der Waals surface area contributed by atoms with E-state index in [9.17, 15) is 0 Å². The molecule has 2 heteroatoms. The third-order valence-corrected chi connectivity index (χ3v) is 3.50. The largest absolute Gasteiger partial charge is 0.299 e. The van der Waals surface area contributed by atoms with Gasteiger partial charge >= 0.3 is 0 Å². The van der Waals surface area contributed by atoms with Gasteiger partial charge in [-0.05, 0) is 31.6 Å². The zero-order valence-electron chi connectivity index (χ0n) is 8.84. The van der Waals surface area contributed by atoms with Crippen molar-refractivity contribution in [3.05, 3.63) is 0 Å². The normalized spacial score (nSPS) is 26.5. The highest BCUT2D eigenvalue weighted by Crippen LogP contribution is 2.28. The van der Waals surface area contributed by atoms with E-state index < -0.39 is 0 Å². The van der Waals surface area contributed by atoms with Gasteiger partial charge < -0.3 is 0 Å². The van der Waals surface area contributed by atoms with Gasteiger partial charge in [0.1, 0.15) is 0 Å². The number of nitrogens with one attached hydrogen (secondary N) is 1. The highest BCUT2D eigenvalue weighted by atomic mass is 15.0. The van der Waals surface area contributed by atoms with Gasteiger partial charge in [-0.1, -0.05) is 25.7 Å². The minimum atomic E-state index is 0.139. The van der Waals surface area contributed by atoms with Crippen LogP contribution in [-0.4, -0.2) is 12.1 Å². The molecule has 14 heavy (non-hydrogen) atoms. The molecule has 2 rings (SSSR count). The Morgan fingerprint density at radius 3 is 2.14 bits per heavy atom. The van der Waals surface area contributed by atoms with E-state index in [1.54, 1.807) is 0 Å². The van der Waals surface area contributed by atoms with Crippen LogP contribution in [0.4, 0.5) is 0 Å². The first-order valence-electron chi connectivity index (χ1n) is 6.06. The van der Waals surface area contributed by atoms with E-state index in [1.807, 2.05) is 0 Å². The minimum Gasteiger partial charge on any atom is -0.299 e. The van der Waals surface area contributed by atoms with Crippen LogP contribution in [0.5, 0.6) is 0 Å². The van der Waals surface area contributed by atoms with Crippen LogP contribution in [0.1, 0.15) is 51.4 Å². The first-order valence-corrected chi connectivity index (χ1v) is 6.06. The summed E-state index contributed by atoms with van der Waals surface area (Å²) >= 11 is 0. The molecule has 2 aliphatic rings. The molecule has 2 aliphatic carbocycles. The topological polar surface area (TPSA) is 35.8 Å². The maximum Gasteiger partial charge on any atom is 0.0983 e. The second kappa shape index (κ2) is 4.79. The molecule has 0 bridgehead atoms. The molecule has 0 aliphatic heterocycles. The minimum absolute atomic E-state index is 0.139. The molecule has 2 fully saturated rings. The second-order valence-corrected chi connectivity index (χ2v) is 4.80. The van der Waals surface area contributed by atoms with E-state index in [1.165, 1.54) is 51.4 Å². The fourth-order valence-electron chi connectivity index (χ4n) is 2.43. The summed E-state index contributed by atoms with van der Waals surface area (Å²) < 4.78 is 0. The first kappa shape index (κ1) is 9.98.